The third kappa shape index (κ3) is 2.16. The summed E-state index contributed by atoms with van der Waals surface area (Å²) in [5.74, 6) is 0.991. The maximum absolute atomic E-state index is 5.34. The molecule has 12 heavy (non-hydrogen) atoms. The number of para-hydroxylation sites is 1. The molecule has 1 heterocycles. The second kappa shape index (κ2) is 5.07. The number of fused-ring (bicyclic) bond motifs is 1. The second-order valence-electron chi connectivity index (χ2n) is 2.25. The summed E-state index contributed by atoms with van der Waals surface area (Å²) in [6, 6.07) is 8.03. The number of ether oxygens (including phenoxy) is 1. The first-order valence-electron chi connectivity index (χ1n) is 3.35. The number of benzene rings is 1. The van der Waals surface area contributed by atoms with Crippen molar-refractivity contribution in [3.8, 4) is 5.75 Å². The van der Waals surface area contributed by atoms with E-state index in [4.69, 9.17) is 4.74 Å². The van der Waals surface area contributed by atoms with E-state index in [9.17, 15) is 0 Å². The Hall–Kier alpha value is -0.657. The average Bonchev–Trinajstić information content (AvgIpc) is 2.05. The van der Waals surface area contributed by atoms with Crippen molar-refractivity contribution in [1.29, 1.82) is 0 Å². The van der Waals surface area contributed by atoms with Crippen LogP contribution in [0.5, 0.6) is 5.75 Å². The van der Waals surface area contributed by atoms with Crippen LogP contribution < -0.4 is 4.74 Å². The van der Waals surface area contributed by atoms with E-state index in [0.717, 1.165) is 5.75 Å². The molecule has 0 unspecified atom stereocenters. The smallest absolute Gasteiger partial charge is 0.126 e. The van der Waals surface area contributed by atoms with Crippen molar-refractivity contribution in [3.63, 3.8) is 0 Å². The Morgan fingerprint density at radius 3 is 2.67 bits per heavy atom. The molecular weight excluding hydrogens is 205 g/mol. The van der Waals surface area contributed by atoms with Gasteiger partial charge in [0, 0.05) is 25.0 Å². The summed E-state index contributed by atoms with van der Waals surface area (Å²) in [6.07, 6.45) is 4.10. The van der Waals surface area contributed by atoms with Gasteiger partial charge in [0.1, 0.15) is 12.4 Å². The zero-order valence-electron chi connectivity index (χ0n) is 6.79. The molecule has 2 rings (SSSR count). The Labute approximate surface area is 84.3 Å². The summed E-state index contributed by atoms with van der Waals surface area (Å²) in [5, 5.41) is 0. The predicted molar refractivity (Wildman–Crippen MR) is 44.6 cm³/mol. The van der Waals surface area contributed by atoms with Crippen LogP contribution in [0.1, 0.15) is 5.56 Å². The maximum atomic E-state index is 5.34. The van der Waals surface area contributed by atoms with Crippen LogP contribution in [0.25, 0.3) is 6.08 Å². The van der Waals surface area contributed by atoms with Gasteiger partial charge in [0.25, 0.3) is 0 Å². The van der Waals surface area contributed by atoms with Crippen LogP contribution >= 0.6 is 0 Å². The van der Waals surface area contributed by atoms with Gasteiger partial charge in [-0.2, -0.15) is 0 Å². The molecule has 1 aromatic carbocycles. The fourth-order valence-electron chi connectivity index (χ4n) is 1.06. The first-order valence-corrected chi connectivity index (χ1v) is 3.35. The Balaban J connectivity index is 0.000000605. The Bertz CT molecular complexity index is 271. The average molecular weight is 216 g/mol. The SMILES string of the molecule is C1=Cc2ccccc2OC1.O.[Zn]. The van der Waals surface area contributed by atoms with Crippen molar-refractivity contribution in [2.75, 3.05) is 6.61 Å². The van der Waals surface area contributed by atoms with Crippen molar-refractivity contribution >= 4 is 6.08 Å². The third-order valence-corrected chi connectivity index (χ3v) is 1.55. The Morgan fingerprint density at radius 1 is 1.17 bits per heavy atom. The molecule has 2 N–H and O–H groups in total. The van der Waals surface area contributed by atoms with E-state index in [1.54, 1.807) is 0 Å². The molecule has 0 aromatic heterocycles. The van der Waals surface area contributed by atoms with Gasteiger partial charge >= 0.3 is 0 Å². The Kier molecular flexibility index (Phi) is 4.79. The number of hydrogen-bond donors (Lipinski definition) is 0. The molecule has 0 fully saturated rings. The summed E-state index contributed by atoms with van der Waals surface area (Å²) in [5.41, 5.74) is 1.17. The molecule has 0 bridgehead atoms. The topological polar surface area (TPSA) is 40.7 Å². The molecule has 1 aliphatic heterocycles. The van der Waals surface area contributed by atoms with Crippen LogP contribution in [-0.2, 0) is 19.5 Å². The van der Waals surface area contributed by atoms with Gasteiger partial charge in [-0.3, -0.25) is 0 Å². The standard InChI is InChI=1S/C9H8O.H2O.Zn/c1-2-6-9-8(4-1)5-3-7-10-9;;/h1-6H,7H2;1H2;. The van der Waals surface area contributed by atoms with E-state index < -0.39 is 0 Å². The monoisotopic (exact) mass is 214 g/mol. The molecule has 3 heteroatoms. The van der Waals surface area contributed by atoms with Crippen LogP contribution in [0.3, 0.4) is 0 Å². The molecule has 0 saturated heterocycles. The minimum atomic E-state index is 0. The van der Waals surface area contributed by atoms with Gasteiger partial charge in [-0.1, -0.05) is 24.3 Å². The fourth-order valence-corrected chi connectivity index (χ4v) is 1.06. The number of rotatable bonds is 0. The molecule has 0 amide bonds. The van der Waals surface area contributed by atoms with Gasteiger partial charge in [-0.25, -0.2) is 0 Å². The van der Waals surface area contributed by atoms with Gasteiger partial charge in [-0.15, -0.1) is 0 Å². The molecule has 1 aliphatic rings. The first-order chi connectivity index (χ1) is 4.97. The normalized spacial score (nSPS) is 11.7. The van der Waals surface area contributed by atoms with E-state index in [1.165, 1.54) is 5.56 Å². The van der Waals surface area contributed by atoms with Crippen LogP contribution in [0.4, 0.5) is 0 Å². The minimum absolute atomic E-state index is 0. The zero-order chi connectivity index (χ0) is 6.81. The van der Waals surface area contributed by atoms with Crippen molar-refractivity contribution in [1.82, 2.24) is 0 Å². The molecule has 60 valence electrons. The molecular formula is C9H10O2Zn. The minimum Gasteiger partial charge on any atom is -0.489 e. The van der Waals surface area contributed by atoms with Crippen LogP contribution in [0.2, 0.25) is 0 Å². The van der Waals surface area contributed by atoms with E-state index in [0.29, 0.717) is 6.61 Å². The first kappa shape index (κ1) is 11.3. The summed E-state index contributed by atoms with van der Waals surface area (Å²) < 4.78 is 5.34. The molecule has 0 saturated carbocycles. The van der Waals surface area contributed by atoms with Crippen LogP contribution in [0.15, 0.2) is 30.3 Å². The number of hydrogen-bond acceptors (Lipinski definition) is 1. The molecule has 0 aliphatic carbocycles. The summed E-state index contributed by atoms with van der Waals surface area (Å²) in [7, 11) is 0. The van der Waals surface area contributed by atoms with Crippen LogP contribution in [0, 0.1) is 0 Å². The van der Waals surface area contributed by atoms with Crippen LogP contribution in [-0.4, -0.2) is 12.1 Å². The third-order valence-electron chi connectivity index (χ3n) is 1.55. The van der Waals surface area contributed by atoms with E-state index in [-0.39, 0.29) is 25.0 Å². The van der Waals surface area contributed by atoms with E-state index >= 15 is 0 Å². The second-order valence-corrected chi connectivity index (χ2v) is 2.25. The molecule has 0 spiro atoms. The molecule has 0 atom stereocenters. The zero-order valence-corrected chi connectivity index (χ0v) is 9.75. The maximum Gasteiger partial charge on any atom is 0.126 e. The summed E-state index contributed by atoms with van der Waals surface area (Å²) in [6.45, 7) is 0.705. The van der Waals surface area contributed by atoms with E-state index in [1.807, 2.05) is 30.3 Å². The summed E-state index contributed by atoms with van der Waals surface area (Å²) in [4.78, 5) is 0. The largest absolute Gasteiger partial charge is 0.489 e. The Morgan fingerprint density at radius 2 is 1.92 bits per heavy atom. The quantitative estimate of drug-likeness (QED) is 0.601. The van der Waals surface area contributed by atoms with Gasteiger partial charge in [0.05, 0.1) is 0 Å². The van der Waals surface area contributed by atoms with Gasteiger partial charge in [0.15, 0.2) is 0 Å². The molecule has 0 radical (unpaired) electrons. The molecule has 1 aromatic rings. The van der Waals surface area contributed by atoms with E-state index in [2.05, 4.69) is 6.08 Å². The predicted octanol–water partition coefficient (Wildman–Crippen LogP) is 1.26. The van der Waals surface area contributed by atoms with Crippen molar-refractivity contribution in [3.05, 3.63) is 35.9 Å². The van der Waals surface area contributed by atoms with Gasteiger partial charge in [0.2, 0.25) is 0 Å². The van der Waals surface area contributed by atoms with Crippen molar-refractivity contribution in [2.45, 2.75) is 0 Å². The van der Waals surface area contributed by atoms with Crippen molar-refractivity contribution in [2.24, 2.45) is 0 Å². The summed E-state index contributed by atoms with van der Waals surface area (Å²) >= 11 is 0. The van der Waals surface area contributed by atoms with Crippen molar-refractivity contribution < 1.29 is 29.7 Å². The molecule has 2 nitrogen and oxygen atoms in total. The fraction of sp³-hybridized carbons (Fsp3) is 0.111. The van der Waals surface area contributed by atoms with Gasteiger partial charge < -0.3 is 10.2 Å². The van der Waals surface area contributed by atoms with Gasteiger partial charge in [-0.05, 0) is 12.1 Å².